The van der Waals surface area contributed by atoms with Gasteiger partial charge in [0.2, 0.25) is 0 Å². The predicted molar refractivity (Wildman–Crippen MR) is 78.6 cm³/mol. The van der Waals surface area contributed by atoms with Crippen LogP contribution in [0.25, 0.3) is 0 Å². The quantitative estimate of drug-likeness (QED) is 0.927. The van der Waals surface area contributed by atoms with E-state index in [0.29, 0.717) is 18.8 Å². The lowest BCUT2D eigenvalue weighted by molar-refractivity contribution is -0.136. The maximum absolute atomic E-state index is 12.0. The fourth-order valence-electron chi connectivity index (χ4n) is 2.20. The predicted octanol–water partition coefficient (Wildman–Crippen LogP) is 2.49. The summed E-state index contributed by atoms with van der Waals surface area (Å²) in [4.78, 5) is 28.7. The number of amides is 1. The summed E-state index contributed by atoms with van der Waals surface area (Å²) in [6.07, 6.45) is 0.477. The van der Waals surface area contributed by atoms with E-state index in [1.807, 2.05) is 20.8 Å². The molecule has 1 unspecified atom stereocenters. The summed E-state index contributed by atoms with van der Waals surface area (Å²) in [5.41, 5.74) is 0.0867. The van der Waals surface area contributed by atoms with E-state index in [1.54, 1.807) is 10.3 Å². The van der Waals surface area contributed by atoms with Crippen LogP contribution in [0.1, 0.15) is 43.8 Å². The first-order chi connectivity index (χ1) is 9.74. The molecule has 1 fully saturated rings. The number of rotatable bonds is 3. The Labute approximate surface area is 127 Å². The highest BCUT2D eigenvalue weighted by atomic mass is 32.1. The van der Waals surface area contributed by atoms with E-state index in [-0.39, 0.29) is 18.4 Å². The number of carboxylic acids is 1. The molecule has 1 aromatic heterocycles. The summed E-state index contributed by atoms with van der Waals surface area (Å²) in [7, 11) is 0. The fraction of sp³-hybridized carbons (Fsp3) is 0.643. The number of nitrogens with zero attached hydrogens (tertiary/aromatic N) is 2. The number of aromatic nitrogens is 1. The highest BCUT2D eigenvalue weighted by Crippen LogP contribution is 2.30. The van der Waals surface area contributed by atoms with Gasteiger partial charge >= 0.3 is 12.1 Å². The van der Waals surface area contributed by atoms with Gasteiger partial charge in [-0.15, -0.1) is 11.3 Å². The van der Waals surface area contributed by atoms with Crippen molar-refractivity contribution in [3.8, 4) is 0 Å². The zero-order valence-corrected chi connectivity index (χ0v) is 13.3. The molecule has 7 heteroatoms. The second-order valence-corrected chi connectivity index (χ2v) is 7.05. The first-order valence-electron chi connectivity index (χ1n) is 6.88. The number of carbonyl (C=O) groups excluding carboxylic acids is 1. The highest BCUT2D eigenvalue weighted by Gasteiger charge is 2.31. The summed E-state index contributed by atoms with van der Waals surface area (Å²) in [6, 6.07) is 0. The van der Waals surface area contributed by atoms with Gasteiger partial charge in [-0.25, -0.2) is 9.78 Å². The zero-order valence-electron chi connectivity index (χ0n) is 12.5. The molecule has 2 rings (SSSR count). The molecule has 0 aliphatic carbocycles. The van der Waals surface area contributed by atoms with E-state index in [4.69, 9.17) is 9.84 Å². The Morgan fingerprint density at radius 1 is 1.52 bits per heavy atom. The lowest BCUT2D eigenvalue weighted by Crippen LogP contribution is -2.35. The normalized spacial score (nSPS) is 18.8. The molecule has 1 amide bonds. The van der Waals surface area contributed by atoms with Crippen molar-refractivity contribution in [2.75, 3.05) is 13.1 Å². The van der Waals surface area contributed by atoms with Crippen molar-refractivity contribution in [2.24, 2.45) is 0 Å². The van der Waals surface area contributed by atoms with Crippen molar-refractivity contribution in [3.63, 3.8) is 0 Å². The molecule has 1 saturated heterocycles. The number of ether oxygens (including phenoxy) is 1. The molecular formula is C14H20N2O4S. The Morgan fingerprint density at radius 2 is 2.24 bits per heavy atom. The maximum Gasteiger partial charge on any atom is 0.410 e. The zero-order chi connectivity index (χ0) is 15.6. The Bertz CT molecular complexity index is 535. The standard InChI is InChI=1S/C14H20N2O4S/c1-14(2,3)20-13(19)16-5-4-9(7-16)12-15-10(8-21-12)6-11(17)18/h8-9H,4-7H2,1-3H3,(H,17,18). The van der Waals surface area contributed by atoms with Crippen LogP contribution in [0, 0.1) is 0 Å². The third-order valence-corrected chi connectivity index (χ3v) is 4.15. The first kappa shape index (κ1) is 15.8. The topological polar surface area (TPSA) is 79.7 Å². The van der Waals surface area contributed by atoms with E-state index < -0.39 is 11.6 Å². The average molecular weight is 312 g/mol. The smallest absolute Gasteiger partial charge is 0.410 e. The van der Waals surface area contributed by atoms with Crippen LogP contribution in [-0.2, 0) is 16.0 Å². The average Bonchev–Trinajstić information content (AvgIpc) is 2.93. The van der Waals surface area contributed by atoms with Crippen LogP contribution in [0.2, 0.25) is 0 Å². The molecule has 0 saturated carbocycles. The van der Waals surface area contributed by atoms with Gasteiger partial charge in [0.05, 0.1) is 17.1 Å². The van der Waals surface area contributed by atoms with Crippen molar-refractivity contribution in [1.82, 2.24) is 9.88 Å². The monoisotopic (exact) mass is 312 g/mol. The minimum atomic E-state index is -0.881. The number of likely N-dealkylation sites (tertiary alicyclic amines) is 1. The van der Waals surface area contributed by atoms with Gasteiger partial charge < -0.3 is 14.7 Å². The van der Waals surface area contributed by atoms with Gasteiger partial charge in [-0.1, -0.05) is 0 Å². The number of carbonyl (C=O) groups is 2. The third-order valence-electron chi connectivity index (χ3n) is 3.09. The van der Waals surface area contributed by atoms with Crippen molar-refractivity contribution in [1.29, 1.82) is 0 Å². The molecule has 0 radical (unpaired) electrons. The van der Waals surface area contributed by atoms with Gasteiger partial charge in [-0.05, 0) is 27.2 Å². The first-order valence-corrected chi connectivity index (χ1v) is 7.76. The van der Waals surface area contributed by atoms with E-state index in [0.717, 1.165) is 11.4 Å². The molecule has 0 bridgehead atoms. The van der Waals surface area contributed by atoms with E-state index >= 15 is 0 Å². The van der Waals surface area contributed by atoms with Crippen molar-refractivity contribution in [2.45, 2.75) is 45.1 Å². The fourth-order valence-corrected chi connectivity index (χ4v) is 3.15. The maximum atomic E-state index is 12.0. The Kier molecular flexibility index (Phi) is 4.51. The summed E-state index contributed by atoms with van der Waals surface area (Å²) in [5, 5.41) is 11.4. The summed E-state index contributed by atoms with van der Waals surface area (Å²) in [5.74, 6) is -0.710. The lowest BCUT2D eigenvalue weighted by Gasteiger charge is -2.24. The third kappa shape index (κ3) is 4.42. The van der Waals surface area contributed by atoms with Gasteiger partial charge in [-0.3, -0.25) is 4.79 Å². The summed E-state index contributed by atoms with van der Waals surface area (Å²) < 4.78 is 5.36. The van der Waals surface area contributed by atoms with Gasteiger partial charge in [0.15, 0.2) is 0 Å². The Balaban J connectivity index is 1.94. The number of carboxylic acid groups (broad SMARTS) is 1. The van der Waals surface area contributed by atoms with E-state index in [1.165, 1.54) is 11.3 Å². The molecule has 2 heterocycles. The molecule has 1 atom stereocenters. The molecule has 21 heavy (non-hydrogen) atoms. The summed E-state index contributed by atoms with van der Waals surface area (Å²) in [6.45, 7) is 6.76. The van der Waals surface area contributed by atoms with Gasteiger partial charge in [0, 0.05) is 24.4 Å². The largest absolute Gasteiger partial charge is 0.481 e. The number of hydrogen-bond donors (Lipinski definition) is 1. The summed E-state index contributed by atoms with van der Waals surface area (Å²) >= 11 is 1.46. The number of aliphatic carboxylic acids is 1. The van der Waals surface area contributed by atoms with Crippen LogP contribution in [0.3, 0.4) is 0 Å². The molecular weight excluding hydrogens is 292 g/mol. The van der Waals surface area contributed by atoms with Crippen molar-refractivity contribution < 1.29 is 19.4 Å². The molecule has 0 aromatic carbocycles. The lowest BCUT2D eigenvalue weighted by atomic mass is 10.1. The number of hydrogen-bond acceptors (Lipinski definition) is 5. The van der Waals surface area contributed by atoms with Crippen LogP contribution < -0.4 is 0 Å². The molecule has 0 spiro atoms. The highest BCUT2D eigenvalue weighted by molar-refractivity contribution is 7.09. The van der Waals surface area contributed by atoms with E-state index in [2.05, 4.69) is 4.98 Å². The van der Waals surface area contributed by atoms with Crippen LogP contribution in [0.5, 0.6) is 0 Å². The Hall–Kier alpha value is -1.63. The second kappa shape index (κ2) is 6.01. The second-order valence-electron chi connectivity index (χ2n) is 6.16. The van der Waals surface area contributed by atoms with Crippen LogP contribution in [0.4, 0.5) is 4.79 Å². The van der Waals surface area contributed by atoms with Crippen LogP contribution >= 0.6 is 11.3 Å². The minimum absolute atomic E-state index is 0.0565. The molecule has 1 aliphatic heterocycles. The van der Waals surface area contributed by atoms with Crippen LogP contribution in [0.15, 0.2) is 5.38 Å². The molecule has 1 aliphatic rings. The van der Waals surface area contributed by atoms with Gasteiger partial charge in [-0.2, -0.15) is 0 Å². The van der Waals surface area contributed by atoms with Gasteiger partial charge in [0.1, 0.15) is 5.60 Å². The van der Waals surface area contributed by atoms with Crippen LogP contribution in [-0.4, -0.2) is 45.7 Å². The van der Waals surface area contributed by atoms with Crippen molar-refractivity contribution in [3.05, 3.63) is 16.1 Å². The van der Waals surface area contributed by atoms with E-state index in [9.17, 15) is 9.59 Å². The SMILES string of the molecule is CC(C)(C)OC(=O)N1CCC(c2nc(CC(=O)O)cs2)C1. The molecule has 116 valence electrons. The molecule has 6 nitrogen and oxygen atoms in total. The Morgan fingerprint density at radius 3 is 2.86 bits per heavy atom. The van der Waals surface area contributed by atoms with Crippen molar-refractivity contribution >= 4 is 23.4 Å². The molecule has 1 aromatic rings. The van der Waals surface area contributed by atoms with Gasteiger partial charge in [0.25, 0.3) is 0 Å². The minimum Gasteiger partial charge on any atom is -0.481 e. The number of thiazole rings is 1. The molecule has 1 N–H and O–H groups in total.